The largest absolute Gasteiger partial charge is 0.481 e. The average molecular weight is 258 g/mol. The Hall–Kier alpha value is -1.06. The number of hydrogen-bond acceptors (Lipinski definition) is 2. The molecule has 0 aromatic heterocycles. The summed E-state index contributed by atoms with van der Waals surface area (Å²) in [4.78, 5) is 21.4. The van der Waals surface area contributed by atoms with Gasteiger partial charge in [-0.1, -0.05) is 46.0 Å². The summed E-state index contributed by atoms with van der Waals surface area (Å²) >= 11 is 0. The van der Waals surface area contributed by atoms with Crippen molar-refractivity contribution in [2.45, 2.75) is 65.2 Å². The summed E-state index contributed by atoms with van der Waals surface area (Å²) < 4.78 is 0. The molecule has 0 bridgehead atoms. The molecule has 0 amide bonds. The van der Waals surface area contributed by atoms with E-state index in [-0.39, 0.29) is 18.3 Å². The van der Waals surface area contributed by atoms with Crippen LogP contribution >= 0.6 is 0 Å². The van der Waals surface area contributed by atoms with Crippen LogP contribution in [-0.4, -0.2) is 22.2 Å². The molecular formula is C14H26O4. The summed E-state index contributed by atoms with van der Waals surface area (Å²) in [6.45, 7) is 4.01. The number of carbonyl (C=O) groups is 2. The fourth-order valence-electron chi connectivity index (χ4n) is 2.11. The van der Waals surface area contributed by atoms with Gasteiger partial charge in [0.25, 0.3) is 0 Å². The van der Waals surface area contributed by atoms with Gasteiger partial charge in [-0.05, 0) is 18.8 Å². The Morgan fingerprint density at radius 1 is 1.00 bits per heavy atom. The standard InChI is InChI=1S/C14H26O4/c1-3-11(2)12(14(17)18)9-7-5-4-6-8-10-13(15)16/h11-12H,3-10H2,1-2H3,(H,15,16)(H,17,18). The van der Waals surface area contributed by atoms with E-state index in [1.165, 1.54) is 0 Å². The van der Waals surface area contributed by atoms with Crippen molar-refractivity contribution in [2.75, 3.05) is 0 Å². The molecule has 4 heteroatoms. The zero-order chi connectivity index (χ0) is 14.0. The summed E-state index contributed by atoms with van der Waals surface area (Å²) in [7, 11) is 0. The van der Waals surface area contributed by atoms with Gasteiger partial charge in [0.1, 0.15) is 0 Å². The first kappa shape index (κ1) is 16.9. The normalized spacial score (nSPS) is 14.1. The maximum Gasteiger partial charge on any atom is 0.306 e. The SMILES string of the molecule is CCC(C)C(CCCCCCCC(=O)O)C(=O)O. The van der Waals surface area contributed by atoms with Gasteiger partial charge in [0, 0.05) is 6.42 Å². The second-order valence-corrected chi connectivity index (χ2v) is 5.03. The summed E-state index contributed by atoms with van der Waals surface area (Å²) in [6, 6.07) is 0. The van der Waals surface area contributed by atoms with Gasteiger partial charge in [-0.2, -0.15) is 0 Å². The highest BCUT2D eigenvalue weighted by Gasteiger charge is 2.22. The van der Waals surface area contributed by atoms with Crippen molar-refractivity contribution in [1.82, 2.24) is 0 Å². The Morgan fingerprint density at radius 2 is 1.56 bits per heavy atom. The first-order valence-corrected chi connectivity index (χ1v) is 6.93. The number of carboxylic acids is 2. The molecule has 0 saturated heterocycles. The van der Waals surface area contributed by atoms with Crippen LogP contribution in [0.5, 0.6) is 0 Å². The van der Waals surface area contributed by atoms with Crippen molar-refractivity contribution < 1.29 is 19.8 Å². The van der Waals surface area contributed by atoms with Gasteiger partial charge in [0.2, 0.25) is 0 Å². The zero-order valence-corrected chi connectivity index (χ0v) is 11.5. The van der Waals surface area contributed by atoms with Gasteiger partial charge in [0.05, 0.1) is 5.92 Å². The van der Waals surface area contributed by atoms with Crippen molar-refractivity contribution in [2.24, 2.45) is 11.8 Å². The van der Waals surface area contributed by atoms with E-state index >= 15 is 0 Å². The van der Waals surface area contributed by atoms with Gasteiger partial charge in [-0.15, -0.1) is 0 Å². The van der Waals surface area contributed by atoms with E-state index in [0.29, 0.717) is 0 Å². The molecule has 0 aromatic carbocycles. The third kappa shape index (κ3) is 8.09. The minimum Gasteiger partial charge on any atom is -0.481 e. The Labute approximate surface area is 109 Å². The molecule has 0 aliphatic heterocycles. The van der Waals surface area contributed by atoms with Gasteiger partial charge in [0.15, 0.2) is 0 Å². The third-order valence-electron chi connectivity index (χ3n) is 3.55. The molecule has 0 radical (unpaired) electrons. The van der Waals surface area contributed by atoms with Gasteiger partial charge < -0.3 is 10.2 Å². The van der Waals surface area contributed by atoms with Crippen LogP contribution in [0.4, 0.5) is 0 Å². The average Bonchev–Trinajstić information content (AvgIpc) is 2.31. The van der Waals surface area contributed by atoms with E-state index in [4.69, 9.17) is 10.2 Å². The number of aliphatic carboxylic acids is 2. The van der Waals surface area contributed by atoms with E-state index in [9.17, 15) is 9.59 Å². The second kappa shape index (κ2) is 9.92. The lowest BCUT2D eigenvalue weighted by atomic mass is 9.87. The molecule has 0 saturated carbocycles. The summed E-state index contributed by atoms with van der Waals surface area (Å²) in [5.41, 5.74) is 0. The molecule has 18 heavy (non-hydrogen) atoms. The Bertz CT molecular complexity index is 250. The summed E-state index contributed by atoms with van der Waals surface area (Å²) in [6.07, 6.45) is 6.45. The molecule has 0 aromatic rings. The molecule has 106 valence electrons. The molecule has 0 fully saturated rings. The van der Waals surface area contributed by atoms with Gasteiger partial charge >= 0.3 is 11.9 Å². The molecule has 0 aliphatic rings. The quantitative estimate of drug-likeness (QED) is 0.556. The van der Waals surface area contributed by atoms with Crippen LogP contribution in [0.25, 0.3) is 0 Å². The van der Waals surface area contributed by atoms with E-state index in [1.807, 2.05) is 13.8 Å². The van der Waals surface area contributed by atoms with E-state index in [1.54, 1.807) is 0 Å². The highest BCUT2D eigenvalue weighted by Crippen LogP contribution is 2.22. The Morgan fingerprint density at radius 3 is 2.06 bits per heavy atom. The summed E-state index contributed by atoms with van der Waals surface area (Å²) in [5.74, 6) is -1.42. The lowest BCUT2D eigenvalue weighted by Gasteiger charge is -2.18. The Balaban J connectivity index is 3.62. The molecule has 2 N–H and O–H groups in total. The molecule has 4 nitrogen and oxygen atoms in total. The lowest BCUT2D eigenvalue weighted by molar-refractivity contribution is -0.144. The van der Waals surface area contributed by atoms with Crippen LogP contribution in [0, 0.1) is 11.8 Å². The zero-order valence-electron chi connectivity index (χ0n) is 11.5. The van der Waals surface area contributed by atoms with Crippen LogP contribution in [0.1, 0.15) is 65.2 Å². The van der Waals surface area contributed by atoms with Crippen LogP contribution in [0.3, 0.4) is 0 Å². The third-order valence-corrected chi connectivity index (χ3v) is 3.55. The van der Waals surface area contributed by atoms with Crippen LogP contribution < -0.4 is 0 Å². The maximum atomic E-state index is 11.1. The highest BCUT2D eigenvalue weighted by atomic mass is 16.4. The predicted octanol–water partition coefficient (Wildman–Crippen LogP) is 3.55. The molecular weight excluding hydrogens is 232 g/mol. The molecule has 0 spiro atoms. The number of unbranched alkanes of at least 4 members (excludes halogenated alkanes) is 4. The van der Waals surface area contributed by atoms with E-state index < -0.39 is 11.9 Å². The van der Waals surface area contributed by atoms with Crippen molar-refractivity contribution in [3.8, 4) is 0 Å². The number of rotatable bonds is 11. The first-order chi connectivity index (χ1) is 8.49. The smallest absolute Gasteiger partial charge is 0.306 e. The molecule has 0 heterocycles. The highest BCUT2D eigenvalue weighted by molar-refractivity contribution is 5.70. The van der Waals surface area contributed by atoms with Crippen molar-refractivity contribution >= 4 is 11.9 Å². The predicted molar refractivity (Wildman–Crippen MR) is 70.5 cm³/mol. The van der Waals surface area contributed by atoms with Crippen LogP contribution in [0.15, 0.2) is 0 Å². The maximum absolute atomic E-state index is 11.1. The van der Waals surface area contributed by atoms with Gasteiger partial charge in [-0.25, -0.2) is 0 Å². The molecule has 2 atom stereocenters. The van der Waals surface area contributed by atoms with Crippen LogP contribution in [-0.2, 0) is 9.59 Å². The van der Waals surface area contributed by atoms with Gasteiger partial charge in [-0.3, -0.25) is 9.59 Å². The summed E-state index contributed by atoms with van der Waals surface area (Å²) in [5, 5.41) is 17.6. The minimum absolute atomic E-state index is 0.228. The number of carboxylic acid groups (broad SMARTS) is 2. The van der Waals surface area contributed by atoms with E-state index in [2.05, 4.69) is 0 Å². The second-order valence-electron chi connectivity index (χ2n) is 5.03. The molecule has 0 rings (SSSR count). The number of hydrogen-bond donors (Lipinski definition) is 2. The minimum atomic E-state index is -0.738. The van der Waals surface area contributed by atoms with Crippen molar-refractivity contribution in [3.63, 3.8) is 0 Å². The molecule has 0 aliphatic carbocycles. The Kier molecular flexibility index (Phi) is 9.33. The van der Waals surface area contributed by atoms with E-state index in [0.717, 1.165) is 44.9 Å². The first-order valence-electron chi connectivity index (χ1n) is 6.93. The topological polar surface area (TPSA) is 74.6 Å². The monoisotopic (exact) mass is 258 g/mol. The lowest BCUT2D eigenvalue weighted by Crippen LogP contribution is -2.21. The van der Waals surface area contributed by atoms with Crippen LogP contribution in [0.2, 0.25) is 0 Å². The molecule has 2 unspecified atom stereocenters. The fraction of sp³-hybridized carbons (Fsp3) is 0.857. The van der Waals surface area contributed by atoms with Crippen molar-refractivity contribution in [1.29, 1.82) is 0 Å². The van der Waals surface area contributed by atoms with Crippen molar-refractivity contribution in [3.05, 3.63) is 0 Å². The fourth-order valence-corrected chi connectivity index (χ4v) is 2.11.